The van der Waals surface area contributed by atoms with Gasteiger partial charge in [-0.05, 0) is 24.6 Å². The number of benzene rings is 1. The molecule has 118 valence electrons. The van der Waals surface area contributed by atoms with Gasteiger partial charge >= 0.3 is 0 Å². The summed E-state index contributed by atoms with van der Waals surface area (Å²) in [5.74, 6) is -0.228. The van der Waals surface area contributed by atoms with Gasteiger partial charge in [-0.3, -0.25) is 9.69 Å². The maximum atomic E-state index is 11.6. The Morgan fingerprint density at radius 1 is 1.50 bits per heavy atom. The Bertz CT molecular complexity index is 668. The van der Waals surface area contributed by atoms with Gasteiger partial charge in [0.05, 0.1) is 23.4 Å². The van der Waals surface area contributed by atoms with E-state index in [9.17, 15) is 4.79 Å². The fourth-order valence-corrected chi connectivity index (χ4v) is 3.33. The number of thiazole rings is 1. The molecule has 22 heavy (non-hydrogen) atoms. The molecule has 7 heteroatoms. The van der Waals surface area contributed by atoms with Gasteiger partial charge in [0.2, 0.25) is 5.91 Å². The van der Waals surface area contributed by atoms with E-state index in [4.69, 9.17) is 16.3 Å². The van der Waals surface area contributed by atoms with E-state index in [1.54, 1.807) is 6.92 Å². The molecule has 3 rings (SSSR count). The van der Waals surface area contributed by atoms with Crippen LogP contribution in [0.15, 0.2) is 18.2 Å². The van der Waals surface area contributed by atoms with Gasteiger partial charge in [0.1, 0.15) is 5.38 Å². The largest absolute Gasteiger partial charge is 0.379 e. The minimum atomic E-state index is -0.566. The average Bonchev–Trinajstić information content (AvgIpc) is 2.89. The van der Waals surface area contributed by atoms with Crippen molar-refractivity contribution in [3.8, 4) is 0 Å². The molecule has 1 saturated heterocycles. The van der Waals surface area contributed by atoms with Crippen molar-refractivity contribution in [2.75, 3.05) is 31.6 Å². The van der Waals surface area contributed by atoms with E-state index in [1.165, 1.54) is 16.9 Å². The summed E-state index contributed by atoms with van der Waals surface area (Å²) >= 11 is 7.23. The second kappa shape index (κ2) is 6.91. The van der Waals surface area contributed by atoms with E-state index in [2.05, 4.69) is 27.3 Å². The SMILES string of the molecule is CC(Cl)C(=O)Nc1nc2ccc(CN3CCOCC3)cc2s1. The lowest BCUT2D eigenvalue weighted by atomic mass is 10.2. The number of carbonyl (C=O) groups is 1. The molecule has 0 bridgehead atoms. The third kappa shape index (κ3) is 3.76. The molecule has 2 aromatic rings. The lowest BCUT2D eigenvalue weighted by Gasteiger charge is -2.26. The van der Waals surface area contributed by atoms with Crippen LogP contribution in [0, 0.1) is 0 Å². The molecule has 0 radical (unpaired) electrons. The lowest BCUT2D eigenvalue weighted by Crippen LogP contribution is -2.35. The fourth-order valence-electron chi connectivity index (χ4n) is 2.34. The van der Waals surface area contributed by atoms with Crippen molar-refractivity contribution in [1.29, 1.82) is 0 Å². The first-order valence-electron chi connectivity index (χ1n) is 7.26. The van der Waals surface area contributed by atoms with E-state index < -0.39 is 5.38 Å². The van der Waals surface area contributed by atoms with Crippen LogP contribution >= 0.6 is 22.9 Å². The summed E-state index contributed by atoms with van der Waals surface area (Å²) in [4.78, 5) is 18.4. The second-order valence-electron chi connectivity index (χ2n) is 5.31. The molecule has 1 amide bonds. The van der Waals surface area contributed by atoms with Crippen LogP contribution in [0.3, 0.4) is 0 Å². The number of rotatable bonds is 4. The number of carbonyl (C=O) groups excluding carboxylic acids is 1. The highest BCUT2D eigenvalue weighted by Gasteiger charge is 2.14. The van der Waals surface area contributed by atoms with Crippen molar-refractivity contribution in [3.05, 3.63) is 23.8 Å². The maximum Gasteiger partial charge on any atom is 0.243 e. The van der Waals surface area contributed by atoms with Gasteiger partial charge in [-0.25, -0.2) is 4.98 Å². The molecule has 1 N–H and O–H groups in total. The molecule has 1 fully saturated rings. The number of nitrogens with one attached hydrogen (secondary N) is 1. The third-order valence-corrected chi connectivity index (χ3v) is 4.69. The summed E-state index contributed by atoms with van der Waals surface area (Å²) in [6.45, 7) is 6.10. The van der Waals surface area contributed by atoms with E-state index in [0.29, 0.717) is 5.13 Å². The number of morpholine rings is 1. The Labute approximate surface area is 138 Å². The van der Waals surface area contributed by atoms with E-state index >= 15 is 0 Å². The molecular weight excluding hydrogens is 322 g/mol. The van der Waals surface area contributed by atoms with Crippen LogP contribution in [0.5, 0.6) is 0 Å². The summed E-state index contributed by atoms with van der Waals surface area (Å²) < 4.78 is 6.44. The van der Waals surface area contributed by atoms with Gasteiger partial charge in [0.25, 0.3) is 0 Å². The van der Waals surface area contributed by atoms with Gasteiger partial charge in [-0.2, -0.15) is 0 Å². The summed E-state index contributed by atoms with van der Waals surface area (Å²) in [6, 6.07) is 6.23. The predicted octanol–water partition coefficient (Wildman–Crippen LogP) is 2.69. The Morgan fingerprint density at radius 3 is 3.00 bits per heavy atom. The molecule has 0 saturated carbocycles. The van der Waals surface area contributed by atoms with Crippen LogP contribution < -0.4 is 5.32 Å². The van der Waals surface area contributed by atoms with Gasteiger partial charge in [0.15, 0.2) is 5.13 Å². The summed E-state index contributed by atoms with van der Waals surface area (Å²) in [6.07, 6.45) is 0. The Morgan fingerprint density at radius 2 is 2.27 bits per heavy atom. The molecule has 1 atom stereocenters. The van der Waals surface area contributed by atoms with Crippen LogP contribution in [0.4, 0.5) is 5.13 Å². The monoisotopic (exact) mass is 339 g/mol. The van der Waals surface area contributed by atoms with Crippen molar-refractivity contribution in [2.24, 2.45) is 0 Å². The van der Waals surface area contributed by atoms with E-state index in [-0.39, 0.29) is 5.91 Å². The number of nitrogens with zero attached hydrogens (tertiary/aromatic N) is 2. The van der Waals surface area contributed by atoms with Crippen molar-refractivity contribution in [2.45, 2.75) is 18.8 Å². The van der Waals surface area contributed by atoms with Gasteiger partial charge in [-0.1, -0.05) is 17.4 Å². The summed E-state index contributed by atoms with van der Waals surface area (Å²) in [5.41, 5.74) is 2.15. The molecule has 1 aliphatic heterocycles. The first kappa shape index (κ1) is 15.7. The zero-order chi connectivity index (χ0) is 15.5. The minimum Gasteiger partial charge on any atom is -0.379 e. The highest BCUT2D eigenvalue weighted by molar-refractivity contribution is 7.22. The zero-order valence-corrected chi connectivity index (χ0v) is 13.9. The molecular formula is C15H18ClN3O2S. The van der Waals surface area contributed by atoms with Crippen molar-refractivity contribution in [3.63, 3.8) is 0 Å². The van der Waals surface area contributed by atoms with Crippen molar-refractivity contribution >= 4 is 44.2 Å². The molecule has 1 unspecified atom stereocenters. The highest BCUT2D eigenvalue weighted by atomic mass is 35.5. The van der Waals surface area contributed by atoms with Crippen LogP contribution in [0.2, 0.25) is 0 Å². The van der Waals surface area contributed by atoms with Crippen molar-refractivity contribution in [1.82, 2.24) is 9.88 Å². The first-order chi connectivity index (χ1) is 10.6. The number of hydrogen-bond donors (Lipinski definition) is 1. The summed E-state index contributed by atoms with van der Waals surface area (Å²) in [5, 5.41) is 2.77. The lowest BCUT2D eigenvalue weighted by molar-refractivity contribution is -0.115. The Balaban J connectivity index is 1.73. The Kier molecular flexibility index (Phi) is 4.93. The topological polar surface area (TPSA) is 54.5 Å². The van der Waals surface area contributed by atoms with Crippen LogP contribution in [0.25, 0.3) is 10.2 Å². The third-order valence-electron chi connectivity index (χ3n) is 3.55. The number of halogens is 1. The van der Waals surface area contributed by atoms with Crippen LogP contribution in [-0.2, 0) is 16.1 Å². The van der Waals surface area contributed by atoms with Crippen molar-refractivity contribution < 1.29 is 9.53 Å². The second-order valence-corrected chi connectivity index (χ2v) is 7.00. The maximum absolute atomic E-state index is 11.6. The molecule has 0 spiro atoms. The van der Waals surface area contributed by atoms with Gasteiger partial charge < -0.3 is 10.1 Å². The number of fused-ring (bicyclic) bond motifs is 1. The number of ether oxygens (including phenoxy) is 1. The summed E-state index contributed by atoms with van der Waals surface area (Å²) in [7, 11) is 0. The smallest absolute Gasteiger partial charge is 0.243 e. The molecule has 2 heterocycles. The van der Waals surface area contributed by atoms with E-state index in [1.807, 2.05) is 6.07 Å². The Hall–Kier alpha value is -1.21. The quantitative estimate of drug-likeness (QED) is 0.870. The standard InChI is InChI=1S/C15H18ClN3O2S/c1-10(16)14(20)18-15-17-12-3-2-11(8-13(12)22-15)9-19-4-6-21-7-5-19/h2-3,8,10H,4-7,9H2,1H3,(H,17,18,20). The zero-order valence-electron chi connectivity index (χ0n) is 12.3. The first-order valence-corrected chi connectivity index (χ1v) is 8.51. The van der Waals surface area contributed by atoms with Gasteiger partial charge in [-0.15, -0.1) is 11.6 Å². The number of amides is 1. The van der Waals surface area contributed by atoms with E-state index in [0.717, 1.165) is 43.1 Å². The highest BCUT2D eigenvalue weighted by Crippen LogP contribution is 2.27. The molecule has 0 aliphatic carbocycles. The molecule has 1 aromatic carbocycles. The number of anilines is 1. The molecule has 5 nitrogen and oxygen atoms in total. The number of aromatic nitrogens is 1. The van der Waals surface area contributed by atoms with Gasteiger partial charge in [0, 0.05) is 19.6 Å². The van der Waals surface area contributed by atoms with Crippen LogP contribution in [-0.4, -0.2) is 47.5 Å². The number of alkyl halides is 1. The number of hydrogen-bond acceptors (Lipinski definition) is 5. The predicted molar refractivity (Wildman–Crippen MR) is 89.7 cm³/mol. The average molecular weight is 340 g/mol. The normalized spacial score (nSPS) is 17.5. The van der Waals surface area contributed by atoms with Crippen LogP contribution in [0.1, 0.15) is 12.5 Å². The fraction of sp³-hybridized carbons (Fsp3) is 0.467. The minimum absolute atomic E-state index is 0.228. The molecule has 1 aliphatic rings. The molecule has 1 aromatic heterocycles.